The Morgan fingerprint density at radius 1 is 1.19 bits per heavy atom. The molecular weight excluding hydrogens is 370 g/mol. The zero-order chi connectivity index (χ0) is 19.2. The Morgan fingerprint density at radius 2 is 2.00 bits per heavy atom. The lowest BCUT2D eigenvalue weighted by Gasteiger charge is -2.12. The van der Waals surface area contributed by atoms with Crippen molar-refractivity contribution >= 4 is 28.9 Å². The van der Waals surface area contributed by atoms with Crippen LogP contribution in [-0.2, 0) is 6.61 Å². The Bertz CT molecular complexity index is 980. The molecule has 0 unspecified atom stereocenters. The van der Waals surface area contributed by atoms with Crippen LogP contribution < -0.4 is 10.1 Å². The lowest BCUT2D eigenvalue weighted by atomic mass is 10.1. The van der Waals surface area contributed by atoms with Crippen LogP contribution in [0.2, 0.25) is 5.02 Å². The number of benzene rings is 2. The minimum atomic E-state index is -0.571. The molecule has 2 aromatic carbocycles. The van der Waals surface area contributed by atoms with Crippen molar-refractivity contribution < 1.29 is 14.5 Å². The number of ether oxygens (including phenoxy) is 1. The maximum Gasteiger partial charge on any atom is 0.270 e. The number of halogens is 1. The molecule has 27 heavy (non-hydrogen) atoms. The number of amides is 1. The predicted molar refractivity (Wildman–Crippen MR) is 101 cm³/mol. The van der Waals surface area contributed by atoms with Gasteiger partial charge in [-0.2, -0.15) is 0 Å². The van der Waals surface area contributed by atoms with E-state index in [0.717, 1.165) is 5.56 Å². The first-order valence-electron chi connectivity index (χ1n) is 7.90. The van der Waals surface area contributed by atoms with E-state index in [9.17, 15) is 14.9 Å². The number of nitrogens with zero attached hydrogens (tertiary/aromatic N) is 2. The van der Waals surface area contributed by atoms with Crippen molar-refractivity contribution in [3.63, 3.8) is 0 Å². The molecule has 0 radical (unpaired) electrons. The number of pyridine rings is 1. The number of non-ortho nitro benzene ring substituents is 1. The molecule has 0 fully saturated rings. The van der Waals surface area contributed by atoms with E-state index in [-0.39, 0.29) is 23.6 Å². The number of aromatic nitrogens is 1. The van der Waals surface area contributed by atoms with Gasteiger partial charge < -0.3 is 10.1 Å². The molecular formula is C19H14ClN3O4. The fourth-order valence-corrected chi connectivity index (χ4v) is 2.53. The quantitative estimate of drug-likeness (QED) is 0.500. The zero-order valence-electron chi connectivity index (χ0n) is 14.0. The number of hydrogen-bond donors (Lipinski definition) is 1. The second-order valence-electron chi connectivity index (χ2n) is 5.51. The standard InChI is InChI=1S/C19H14ClN3O4/c20-17-6-2-1-4-13(17)12-27-18-8-7-15(23(25)26)10-16(18)19(24)22-14-5-3-9-21-11-14/h1-11H,12H2,(H,22,24). The van der Waals surface area contributed by atoms with Crippen LogP contribution >= 0.6 is 11.6 Å². The minimum absolute atomic E-state index is 0.0418. The normalized spacial score (nSPS) is 10.3. The highest BCUT2D eigenvalue weighted by molar-refractivity contribution is 6.31. The molecule has 0 aliphatic rings. The van der Waals surface area contributed by atoms with E-state index in [0.29, 0.717) is 10.7 Å². The predicted octanol–water partition coefficient (Wildman–Crippen LogP) is 4.47. The number of carbonyl (C=O) groups is 1. The Hall–Kier alpha value is -3.45. The summed E-state index contributed by atoms with van der Waals surface area (Å²) in [5, 5.41) is 14.2. The van der Waals surface area contributed by atoms with E-state index < -0.39 is 10.8 Å². The molecule has 136 valence electrons. The van der Waals surface area contributed by atoms with Crippen molar-refractivity contribution in [2.24, 2.45) is 0 Å². The van der Waals surface area contributed by atoms with E-state index in [1.165, 1.54) is 24.4 Å². The van der Waals surface area contributed by atoms with Gasteiger partial charge in [0, 0.05) is 28.9 Å². The highest BCUT2D eigenvalue weighted by atomic mass is 35.5. The number of nitro benzene ring substituents is 1. The van der Waals surface area contributed by atoms with Gasteiger partial charge in [-0.1, -0.05) is 29.8 Å². The fourth-order valence-electron chi connectivity index (χ4n) is 2.34. The number of rotatable bonds is 6. The molecule has 0 spiro atoms. The number of nitro groups is 1. The third-order valence-electron chi connectivity index (χ3n) is 3.68. The average Bonchev–Trinajstić information content (AvgIpc) is 2.68. The maximum absolute atomic E-state index is 12.6. The SMILES string of the molecule is O=C(Nc1cccnc1)c1cc([N+](=O)[O-])ccc1OCc1ccccc1Cl. The minimum Gasteiger partial charge on any atom is -0.488 e. The van der Waals surface area contributed by atoms with Crippen molar-refractivity contribution in [2.45, 2.75) is 6.61 Å². The Morgan fingerprint density at radius 3 is 2.70 bits per heavy atom. The van der Waals surface area contributed by atoms with Crippen LogP contribution in [0.15, 0.2) is 67.0 Å². The lowest BCUT2D eigenvalue weighted by molar-refractivity contribution is -0.384. The molecule has 0 atom stereocenters. The first-order valence-corrected chi connectivity index (χ1v) is 8.28. The highest BCUT2D eigenvalue weighted by Gasteiger charge is 2.18. The highest BCUT2D eigenvalue weighted by Crippen LogP contribution is 2.27. The van der Waals surface area contributed by atoms with Gasteiger partial charge in [0.05, 0.1) is 22.4 Å². The number of nitrogens with one attached hydrogen (secondary N) is 1. The molecule has 1 aromatic heterocycles. The molecule has 0 aliphatic carbocycles. The molecule has 1 N–H and O–H groups in total. The first-order chi connectivity index (χ1) is 13.0. The van der Waals surface area contributed by atoms with Gasteiger partial charge in [-0.3, -0.25) is 19.9 Å². The van der Waals surface area contributed by atoms with Crippen molar-refractivity contribution in [3.05, 3.63) is 93.3 Å². The van der Waals surface area contributed by atoms with E-state index in [2.05, 4.69) is 10.3 Å². The molecule has 0 bridgehead atoms. The smallest absolute Gasteiger partial charge is 0.270 e. The third kappa shape index (κ3) is 4.59. The summed E-state index contributed by atoms with van der Waals surface area (Å²) in [5.41, 5.74) is 1.03. The summed E-state index contributed by atoms with van der Waals surface area (Å²) in [6, 6.07) is 14.3. The Balaban J connectivity index is 1.87. The molecule has 0 saturated heterocycles. The second kappa shape index (κ2) is 8.29. The van der Waals surface area contributed by atoms with E-state index in [1.54, 1.807) is 36.5 Å². The van der Waals surface area contributed by atoms with E-state index >= 15 is 0 Å². The van der Waals surface area contributed by atoms with Crippen LogP contribution in [0.3, 0.4) is 0 Å². The van der Waals surface area contributed by atoms with Gasteiger partial charge in [0.15, 0.2) is 0 Å². The summed E-state index contributed by atoms with van der Waals surface area (Å²) in [7, 11) is 0. The van der Waals surface area contributed by atoms with Gasteiger partial charge >= 0.3 is 0 Å². The lowest BCUT2D eigenvalue weighted by Crippen LogP contribution is -2.14. The third-order valence-corrected chi connectivity index (χ3v) is 4.05. The van der Waals surface area contributed by atoms with Crippen molar-refractivity contribution in [2.75, 3.05) is 5.32 Å². The molecule has 3 rings (SSSR count). The molecule has 3 aromatic rings. The van der Waals surface area contributed by atoms with Crippen molar-refractivity contribution in [1.29, 1.82) is 0 Å². The number of carbonyl (C=O) groups excluding carboxylic acids is 1. The zero-order valence-corrected chi connectivity index (χ0v) is 14.7. The monoisotopic (exact) mass is 383 g/mol. The van der Waals surface area contributed by atoms with Gasteiger partial charge in [-0.15, -0.1) is 0 Å². The average molecular weight is 384 g/mol. The van der Waals surface area contributed by atoms with Crippen LogP contribution in [0.1, 0.15) is 15.9 Å². The second-order valence-corrected chi connectivity index (χ2v) is 5.92. The molecule has 1 heterocycles. The summed E-state index contributed by atoms with van der Waals surface area (Å²) >= 11 is 6.11. The number of hydrogen-bond acceptors (Lipinski definition) is 5. The summed E-state index contributed by atoms with van der Waals surface area (Å²) in [5.74, 6) is -0.331. The fraction of sp³-hybridized carbons (Fsp3) is 0.0526. The summed E-state index contributed by atoms with van der Waals surface area (Å²) in [6.07, 6.45) is 3.04. The van der Waals surface area contributed by atoms with E-state index in [1.807, 2.05) is 6.07 Å². The molecule has 8 heteroatoms. The van der Waals surface area contributed by atoms with Crippen LogP contribution in [0.5, 0.6) is 5.75 Å². The van der Waals surface area contributed by atoms with Crippen LogP contribution in [0.25, 0.3) is 0 Å². The maximum atomic E-state index is 12.6. The summed E-state index contributed by atoms with van der Waals surface area (Å²) < 4.78 is 5.71. The van der Waals surface area contributed by atoms with Crippen molar-refractivity contribution in [1.82, 2.24) is 4.98 Å². The van der Waals surface area contributed by atoms with Gasteiger partial charge in [0.2, 0.25) is 0 Å². The van der Waals surface area contributed by atoms with Crippen molar-refractivity contribution in [3.8, 4) is 5.75 Å². The van der Waals surface area contributed by atoms with Crippen LogP contribution in [0, 0.1) is 10.1 Å². The van der Waals surface area contributed by atoms with Gasteiger partial charge in [-0.05, 0) is 24.3 Å². The van der Waals surface area contributed by atoms with Crippen LogP contribution in [-0.4, -0.2) is 15.8 Å². The van der Waals surface area contributed by atoms with Gasteiger partial charge in [0.25, 0.3) is 11.6 Å². The molecule has 1 amide bonds. The van der Waals surface area contributed by atoms with Gasteiger partial charge in [0.1, 0.15) is 12.4 Å². The van der Waals surface area contributed by atoms with Crippen LogP contribution in [0.4, 0.5) is 11.4 Å². The Labute approximate surface area is 159 Å². The topological polar surface area (TPSA) is 94.4 Å². The largest absolute Gasteiger partial charge is 0.488 e. The first kappa shape index (κ1) is 18.3. The molecule has 7 nitrogen and oxygen atoms in total. The van der Waals surface area contributed by atoms with Gasteiger partial charge in [-0.25, -0.2) is 0 Å². The summed E-state index contributed by atoms with van der Waals surface area (Å²) in [4.78, 5) is 27.0. The van der Waals surface area contributed by atoms with E-state index in [4.69, 9.17) is 16.3 Å². The summed E-state index contributed by atoms with van der Waals surface area (Å²) in [6.45, 7) is 0.116. The molecule has 0 saturated carbocycles. The molecule has 0 aliphatic heterocycles. The number of anilines is 1. The Kier molecular flexibility index (Phi) is 5.63.